The summed E-state index contributed by atoms with van der Waals surface area (Å²) >= 11 is 11.5. The number of ketones is 1. The molecule has 3 nitrogen and oxygen atoms in total. The molecule has 0 unspecified atom stereocenters. The molecule has 0 bridgehead atoms. The third kappa shape index (κ3) is 2.82. The van der Waals surface area contributed by atoms with E-state index in [4.69, 9.17) is 0 Å². The van der Waals surface area contributed by atoms with Gasteiger partial charge in [0.15, 0.2) is 5.78 Å². The molecule has 16 heavy (non-hydrogen) atoms. The Balaban J connectivity index is 2.17. The van der Waals surface area contributed by atoms with Gasteiger partial charge in [-0.3, -0.25) is 9.48 Å². The minimum atomic E-state index is 0.0319. The molecular formula is C9H5Br3N2OS. The summed E-state index contributed by atoms with van der Waals surface area (Å²) in [5.74, 6) is 0.0319. The number of hydrogen-bond donors (Lipinski definition) is 0. The predicted octanol–water partition coefficient (Wildman–Crippen LogP) is 4.12. The van der Waals surface area contributed by atoms with Crippen LogP contribution in [-0.2, 0) is 6.54 Å². The first kappa shape index (κ1) is 12.5. The molecule has 0 aliphatic rings. The van der Waals surface area contributed by atoms with Crippen molar-refractivity contribution in [1.82, 2.24) is 9.78 Å². The van der Waals surface area contributed by atoms with Crippen molar-refractivity contribution in [2.24, 2.45) is 0 Å². The minimum Gasteiger partial charge on any atom is -0.292 e. The van der Waals surface area contributed by atoms with Gasteiger partial charge in [0, 0.05) is 11.8 Å². The van der Waals surface area contributed by atoms with Crippen LogP contribution >= 0.6 is 59.1 Å². The maximum absolute atomic E-state index is 11.9. The zero-order valence-corrected chi connectivity index (χ0v) is 13.4. The summed E-state index contributed by atoms with van der Waals surface area (Å²) in [6, 6.07) is 1.82. The lowest BCUT2D eigenvalue weighted by Gasteiger charge is -1.99. The van der Waals surface area contributed by atoms with Crippen LogP contribution in [0.2, 0.25) is 0 Å². The van der Waals surface area contributed by atoms with Gasteiger partial charge >= 0.3 is 0 Å². The van der Waals surface area contributed by atoms with Crippen molar-refractivity contribution in [3.8, 4) is 0 Å². The lowest BCUT2D eigenvalue weighted by Crippen LogP contribution is -2.10. The van der Waals surface area contributed by atoms with Crippen LogP contribution in [0.1, 0.15) is 10.4 Å². The molecule has 0 aromatic carbocycles. The van der Waals surface area contributed by atoms with Crippen LogP contribution in [0.15, 0.2) is 30.5 Å². The standard InChI is InChI=1S/C9H5Br3N2OS/c10-5-2-13-14(3-5)4-7(15)6-1-8(11)16-9(6)12/h1-3H,4H2. The highest BCUT2D eigenvalue weighted by molar-refractivity contribution is 9.12. The van der Waals surface area contributed by atoms with Crippen molar-refractivity contribution in [1.29, 1.82) is 0 Å². The third-order valence-electron chi connectivity index (χ3n) is 1.86. The molecule has 0 amide bonds. The maximum atomic E-state index is 11.9. The fourth-order valence-electron chi connectivity index (χ4n) is 1.19. The zero-order valence-electron chi connectivity index (χ0n) is 7.78. The summed E-state index contributed by atoms with van der Waals surface area (Å²) in [5, 5.41) is 4.04. The first-order valence-corrected chi connectivity index (χ1v) is 7.42. The van der Waals surface area contributed by atoms with E-state index in [1.807, 2.05) is 6.07 Å². The normalized spacial score (nSPS) is 10.7. The smallest absolute Gasteiger partial charge is 0.186 e. The third-order valence-corrected chi connectivity index (χ3v) is 4.61. The van der Waals surface area contributed by atoms with Gasteiger partial charge in [-0.05, 0) is 53.9 Å². The van der Waals surface area contributed by atoms with Crippen LogP contribution in [0.25, 0.3) is 0 Å². The number of carbonyl (C=O) groups excluding carboxylic acids is 1. The van der Waals surface area contributed by atoms with E-state index in [1.165, 1.54) is 11.3 Å². The SMILES string of the molecule is O=C(Cn1cc(Br)cn1)c1cc(Br)sc1Br. The summed E-state index contributed by atoms with van der Waals surface area (Å²) in [4.78, 5) is 11.9. The lowest BCUT2D eigenvalue weighted by atomic mass is 10.2. The van der Waals surface area contributed by atoms with Gasteiger partial charge in [-0.15, -0.1) is 11.3 Å². The molecule has 2 rings (SSSR count). The second kappa shape index (κ2) is 5.12. The molecule has 0 saturated heterocycles. The number of Topliss-reactive ketones (excluding diaryl/α,β-unsaturated/α-hetero) is 1. The fraction of sp³-hybridized carbons (Fsp3) is 0.111. The number of hydrogen-bond acceptors (Lipinski definition) is 3. The summed E-state index contributed by atoms with van der Waals surface area (Å²) in [7, 11) is 0. The Morgan fingerprint density at radius 2 is 2.19 bits per heavy atom. The van der Waals surface area contributed by atoms with E-state index < -0.39 is 0 Å². The van der Waals surface area contributed by atoms with Crippen molar-refractivity contribution < 1.29 is 4.79 Å². The number of halogens is 3. The minimum absolute atomic E-state index is 0.0319. The Labute approximate surface area is 121 Å². The van der Waals surface area contributed by atoms with E-state index >= 15 is 0 Å². The number of rotatable bonds is 3. The topological polar surface area (TPSA) is 34.9 Å². The van der Waals surface area contributed by atoms with Crippen molar-refractivity contribution >= 4 is 64.9 Å². The molecular weight excluding hydrogens is 424 g/mol. The highest BCUT2D eigenvalue weighted by Crippen LogP contribution is 2.32. The van der Waals surface area contributed by atoms with Crippen LogP contribution in [0.5, 0.6) is 0 Å². The van der Waals surface area contributed by atoms with Crippen molar-refractivity contribution in [2.45, 2.75) is 6.54 Å². The van der Waals surface area contributed by atoms with Gasteiger partial charge in [0.05, 0.1) is 18.2 Å². The molecule has 2 aromatic rings. The molecule has 0 aliphatic carbocycles. The van der Waals surface area contributed by atoms with Gasteiger partial charge < -0.3 is 0 Å². The average molecular weight is 429 g/mol. The van der Waals surface area contributed by atoms with E-state index in [0.29, 0.717) is 5.56 Å². The van der Waals surface area contributed by atoms with Gasteiger partial charge in [-0.2, -0.15) is 5.10 Å². The molecule has 0 N–H and O–H groups in total. The molecule has 84 valence electrons. The molecule has 0 fully saturated rings. The van der Waals surface area contributed by atoms with Crippen molar-refractivity contribution in [3.63, 3.8) is 0 Å². The Hall–Kier alpha value is 0.0200. The van der Waals surface area contributed by atoms with Gasteiger partial charge in [0.1, 0.15) is 6.54 Å². The Bertz CT molecular complexity index is 535. The largest absolute Gasteiger partial charge is 0.292 e. The summed E-state index contributed by atoms with van der Waals surface area (Å²) < 4.78 is 4.25. The molecule has 7 heteroatoms. The van der Waals surface area contributed by atoms with E-state index in [-0.39, 0.29) is 12.3 Å². The summed E-state index contributed by atoms with van der Waals surface area (Å²) in [5.41, 5.74) is 0.684. The Morgan fingerprint density at radius 3 is 2.69 bits per heavy atom. The number of thiophene rings is 1. The van der Waals surface area contributed by atoms with Crippen molar-refractivity contribution in [3.05, 3.63) is 36.1 Å². The van der Waals surface area contributed by atoms with Gasteiger partial charge in [0.25, 0.3) is 0 Å². The predicted molar refractivity (Wildman–Crippen MR) is 74.0 cm³/mol. The first-order chi connectivity index (χ1) is 7.56. The second-order valence-corrected chi connectivity index (χ2v) is 7.68. The molecule has 0 aliphatic heterocycles. The van der Waals surface area contributed by atoms with E-state index in [0.717, 1.165) is 12.0 Å². The first-order valence-electron chi connectivity index (χ1n) is 4.22. The van der Waals surface area contributed by atoms with Gasteiger partial charge in [-0.1, -0.05) is 0 Å². The summed E-state index contributed by atoms with van der Waals surface area (Å²) in [6.07, 6.45) is 3.43. The number of carbonyl (C=O) groups is 1. The van der Waals surface area contributed by atoms with Crippen LogP contribution in [0, 0.1) is 0 Å². The van der Waals surface area contributed by atoms with E-state index in [2.05, 4.69) is 52.9 Å². The van der Waals surface area contributed by atoms with Crippen LogP contribution in [-0.4, -0.2) is 15.6 Å². The monoisotopic (exact) mass is 426 g/mol. The zero-order chi connectivity index (χ0) is 11.7. The van der Waals surface area contributed by atoms with E-state index in [9.17, 15) is 4.79 Å². The van der Waals surface area contributed by atoms with Crippen molar-refractivity contribution in [2.75, 3.05) is 0 Å². The molecule has 0 spiro atoms. The van der Waals surface area contributed by atoms with Gasteiger partial charge in [-0.25, -0.2) is 0 Å². The Morgan fingerprint density at radius 1 is 1.44 bits per heavy atom. The quantitative estimate of drug-likeness (QED) is 0.689. The molecule has 0 saturated carbocycles. The summed E-state index contributed by atoms with van der Waals surface area (Å²) in [6.45, 7) is 0.243. The molecule has 0 atom stereocenters. The van der Waals surface area contributed by atoms with Gasteiger partial charge in [0.2, 0.25) is 0 Å². The average Bonchev–Trinajstić information content (AvgIpc) is 2.73. The number of nitrogens with zero attached hydrogens (tertiary/aromatic N) is 2. The second-order valence-electron chi connectivity index (χ2n) is 3.02. The molecule has 0 radical (unpaired) electrons. The Kier molecular flexibility index (Phi) is 3.99. The maximum Gasteiger partial charge on any atom is 0.186 e. The van der Waals surface area contributed by atoms with Crippen LogP contribution < -0.4 is 0 Å². The molecule has 2 heterocycles. The highest BCUT2D eigenvalue weighted by atomic mass is 79.9. The van der Waals surface area contributed by atoms with Crippen LogP contribution in [0.3, 0.4) is 0 Å². The molecule has 2 aromatic heterocycles. The highest BCUT2D eigenvalue weighted by Gasteiger charge is 2.14. The number of aromatic nitrogens is 2. The van der Waals surface area contributed by atoms with Crippen LogP contribution in [0.4, 0.5) is 0 Å². The lowest BCUT2D eigenvalue weighted by molar-refractivity contribution is 0.0967. The van der Waals surface area contributed by atoms with E-state index in [1.54, 1.807) is 17.1 Å². The fourth-order valence-corrected chi connectivity index (χ4v) is 4.37.